The first-order valence-electron chi connectivity index (χ1n) is 4.27. The smallest absolute Gasteiger partial charge is 0.417 e. The van der Waals surface area contributed by atoms with Crippen LogP contribution in [0.25, 0.3) is 0 Å². The molecule has 0 unspecified atom stereocenters. The van der Waals surface area contributed by atoms with Gasteiger partial charge in [-0.2, -0.15) is 18.4 Å². The average Bonchev–Trinajstić information content (AvgIpc) is 2.18. The van der Waals surface area contributed by atoms with Gasteiger partial charge < -0.3 is 5.11 Å². The molecular weight excluding hydrogens is 303 g/mol. The highest BCUT2D eigenvalue weighted by atomic mass is 79.9. The van der Waals surface area contributed by atoms with Crippen LogP contribution in [0.5, 0.6) is 0 Å². The first-order chi connectivity index (χ1) is 7.75. The van der Waals surface area contributed by atoms with Crippen molar-refractivity contribution < 1.29 is 23.1 Å². The SMILES string of the molecule is N#Cc1cc(Br)c(CC(=O)O)cc1C(F)(F)F. The summed E-state index contributed by atoms with van der Waals surface area (Å²) < 4.78 is 37.9. The number of hydrogen-bond acceptors (Lipinski definition) is 2. The quantitative estimate of drug-likeness (QED) is 0.913. The monoisotopic (exact) mass is 307 g/mol. The van der Waals surface area contributed by atoms with E-state index in [1.54, 1.807) is 0 Å². The lowest BCUT2D eigenvalue weighted by molar-refractivity contribution is -0.139. The van der Waals surface area contributed by atoms with Gasteiger partial charge in [-0.3, -0.25) is 4.79 Å². The number of carbonyl (C=O) groups is 1. The summed E-state index contributed by atoms with van der Waals surface area (Å²) in [5.74, 6) is -1.25. The normalized spacial score (nSPS) is 11.0. The Hall–Kier alpha value is -1.55. The number of carboxylic acid groups (broad SMARTS) is 1. The van der Waals surface area contributed by atoms with E-state index in [4.69, 9.17) is 10.4 Å². The van der Waals surface area contributed by atoms with Crippen LogP contribution in [-0.2, 0) is 17.4 Å². The topological polar surface area (TPSA) is 61.1 Å². The van der Waals surface area contributed by atoms with E-state index >= 15 is 0 Å². The van der Waals surface area contributed by atoms with Gasteiger partial charge in [0.25, 0.3) is 0 Å². The standard InChI is InChI=1S/C10H5BrF3NO2/c11-8-2-6(4-15)7(10(12,13)14)1-5(8)3-9(16)17/h1-2H,3H2,(H,16,17). The lowest BCUT2D eigenvalue weighted by atomic mass is 10.0. The summed E-state index contributed by atoms with van der Waals surface area (Å²) in [5, 5.41) is 17.1. The number of nitriles is 1. The Bertz CT molecular complexity index is 505. The van der Waals surface area contributed by atoms with Crippen LogP contribution >= 0.6 is 15.9 Å². The van der Waals surface area contributed by atoms with Crippen molar-refractivity contribution in [2.75, 3.05) is 0 Å². The summed E-state index contributed by atoms with van der Waals surface area (Å²) >= 11 is 2.94. The molecule has 0 aromatic heterocycles. The molecule has 90 valence electrons. The maximum absolute atomic E-state index is 12.6. The molecule has 0 aliphatic heterocycles. The van der Waals surface area contributed by atoms with Crippen LogP contribution in [0.15, 0.2) is 16.6 Å². The summed E-state index contributed by atoms with van der Waals surface area (Å²) in [4.78, 5) is 10.5. The Morgan fingerprint density at radius 1 is 1.47 bits per heavy atom. The molecule has 1 N–H and O–H groups in total. The predicted octanol–water partition coefficient (Wildman–Crippen LogP) is 2.97. The number of rotatable bonds is 2. The molecule has 0 aliphatic carbocycles. The van der Waals surface area contributed by atoms with Gasteiger partial charge >= 0.3 is 12.1 Å². The zero-order valence-corrected chi connectivity index (χ0v) is 9.76. The summed E-state index contributed by atoms with van der Waals surface area (Å²) in [6, 6.07) is 3.08. The van der Waals surface area contributed by atoms with Gasteiger partial charge in [0, 0.05) is 4.47 Å². The molecule has 0 radical (unpaired) electrons. The third-order valence-electron chi connectivity index (χ3n) is 1.95. The lowest BCUT2D eigenvalue weighted by Crippen LogP contribution is -2.10. The zero-order valence-electron chi connectivity index (χ0n) is 8.18. The van der Waals surface area contributed by atoms with Crippen molar-refractivity contribution in [1.29, 1.82) is 5.26 Å². The highest BCUT2D eigenvalue weighted by Crippen LogP contribution is 2.35. The van der Waals surface area contributed by atoms with Crippen molar-refractivity contribution in [3.8, 4) is 6.07 Å². The predicted molar refractivity (Wildman–Crippen MR) is 55.2 cm³/mol. The maximum Gasteiger partial charge on any atom is 0.417 e. The molecule has 17 heavy (non-hydrogen) atoms. The van der Waals surface area contributed by atoms with Crippen LogP contribution in [0.3, 0.4) is 0 Å². The number of carboxylic acids is 1. The van der Waals surface area contributed by atoms with Crippen molar-refractivity contribution in [2.24, 2.45) is 0 Å². The highest BCUT2D eigenvalue weighted by Gasteiger charge is 2.34. The lowest BCUT2D eigenvalue weighted by Gasteiger charge is -2.11. The maximum atomic E-state index is 12.6. The van der Waals surface area contributed by atoms with Gasteiger partial charge in [-0.15, -0.1) is 0 Å². The highest BCUT2D eigenvalue weighted by molar-refractivity contribution is 9.10. The first kappa shape index (κ1) is 13.5. The van der Waals surface area contributed by atoms with Crippen LogP contribution in [0.2, 0.25) is 0 Å². The minimum Gasteiger partial charge on any atom is -0.481 e. The fourth-order valence-electron chi connectivity index (χ4n) is 1.24. The molecule has 0 saturated carbocycles. The van der Waals surface area contributed by atoms with E-state index in [0.717, 1.165) is 6.07 Å². The fraction of sp³-hybridized carbons (Fsp3) is 0.200. The Kier molecular flexibility index (Phi) is 3.78. The molecule has 1 aromatic rings. The first-order valence-corrected chi connectivity index (χ1v) is 5.06. The van der Waals surface area contributed by atoms with E-state index in [1.807, 2.05) is 0 Å². The fourth-order valence-corrected chi connectivity index (χ4v) is 1.73. The zero-order chi connectivity index (χ0) is 13.2. The van der Waals surface area contributed by atoms with Crippen LogP contribution < -0.4 is 0 Å². The summed E-state index contributed by atoms with van der Waals surface area (Å²) in [6.07, 6.45) is -5.23. The molecular formula is C10H5BrF3NO2. The Balaban J connectivity index is 3.39. The molecule has 0 heterocycles. The van der Waals surface area contributed by atoms with Crippen molar-refractivity contribution >= 4 is 21.9 Å². The minimum absolute atomic E-state index is 0.0242. The molecule has 0 spiro atoms. The third-order valence-corrected chi connectivity index (χ3v) is 2.69. The van der Waals surface area contributed by atoms with Crippen LogP contribution in [0, 0.1) is 11.3 Å². The van der Waals surface area contributed by atoms with Crippen molar-refractivity contribution in [3.63, 3.8) is 0 Å². The van der Waals surface area contributed by atoms with Crippen LogP contribution in [-0.4, -0.2) is 11.1 Å². The van der Waals surface area contributed by atoms with E-state index in [1.165, 1.54) is 6.07 Å². The van der Waals surface area contributed by atoms with E-state index in [0.29, 0.717) is 6.07 Å². The number of aliphatic carboxylic acids is 1. The second-order valence-corrected chi connectivity index (χ2v) is 4.02. The van der Waals surface area contributed by atoms with Gasteiger partial charge in [0.2, 0.25) is 0 Å². The largest absolute Gasteiger partial charge is 0.481 e. The molecule has 1 aromatic carbocycles. The summed E-state index contributed by atoms with van der Waals surface area (Å²) in [6.45, 7) is 0. The van der Waals surface area contributed by atoms with Crippen molar-refractivity contribution in [2.45, 2.75) is 12.6 Å². The minimum atomic E-state index is -4.68. The Labute approximate surface area is 103 Å². The molecule has 3 nitrogen and oxygen atoms in total. The molecule has 0 saturated heterocycles. The van der Waals surface area contributed by atoms with Crippen LogP contribution in [0.1, 0.15) is 16.7 Å². The van der Waals surface area contributed by atoms with E-state index < -0.39 is 29.7 Å². The second kappa shape index (κ2) is 4.75. The summed E-state index contributed by atoms with van der Waals surface area (Å²) in [7, 11) is 0. The third kappa shape index (κ3) is 3.20. The molecule has 0 fully saturated rings. The number of nitrogens with zero attached hydrogens (tertiary/aromatic N) is 1. The van der Waals surface area contributed by atoms with Crippen molar-refractivity contribution in [3.05, 3.63) is 33.3 Å². The van der Waals surface area contributed by atoms with Gasteiger partial charge in [0.15, 0.2) is 0 Å². The van der Waals surface area contributed by atoms with Gasteiger partial charge in [-0.25, -0.2) is 0 Å². The number of hydrogen-bond donors (Lipinski definition) is 1. The number of alkyl halides is 3. The van der Waals surface area contributed by atoms with Crippen LogP contribution in [0.4, 0.5) is 13.2 Å². The van der Waals surface area contributed by atoms with E-state index in [9.17, 15) is 18.0 Å². The van der Waals surface area contributed by atoms with Gasteiger partial charge in [-0.05, 0) is 17.7 Å². The van der Waals surface area contributed by atoms with Gasteiger partial charge in [-0.1, -0.05) is 15.9 Å². The average molecular weight is 308 g/mol. The molecule has 0 bridgehead atoms. The molecule has 7 heteroatoms. The van der Waals surface area contributed by atoms with E-state index in [2.05, 4.69) is 15.9 Å². The molecule has 0 amide bonds. The number of benzene rings is 1. The van der Waals surface area contributed by atoms with Gasteiger partial charge in [0.05, 0.1) is 23.6 Å². The van der Waals surface area contributed by atoms with E-state index in [-0.39, 0.29) is 10.0 Å². The summed E-state index contributed by atoms with van der Waals surface area (Å²) in [5.41, 5.74) is -1.69. The van der Waals surface area contributed by atoms with Crippen molar-refractivity contribution in [1.82, 2.24) is 0 Å². The second-order valence-electron chi connectivity index (χ2n) is 3.17. The Morgan fingerprint density at radius 2 is 2.06 bits per heavy atom. The number of halogens is 4. The molecule has 0 atom stereocenters. The van der Waals surface area contributed by atoms with Gasteiger partial charge in [0.1, 0.15) is 0 Å². The Morgan fingerprint density at radius 3 is 2.47 bits per heavy atom. The molecule has 0 aliphatic rings. The molecule has 1 rings (SSSR count).